The Morgan fingerprint density at radius 2 is 1.86 bits per heavy atom. The standard InChI is InChI=1S/C21H14F3N3O/c1-13-9-17-19(8-7-15(11-25)20(17)21(22,23)24)27(13)12-16-10-18(26-28-16)14-5-3-2-4-6-14/h2-10H,12H2,1H3. The van der Waals surface area contributed by atoms with Crippen molar-refractivity contribution in [3.05, 3.63) is 77.2 Å². The van der Waals surface area contributed by atoms with Gasteiger partial charge in [0.15, 0.2) is 5.76 Å². The fourth-order valence-electron chi connectivity index (χ4n) is 3.36. The molecule has 28 heavy (non-hydrogen) atoms. The van der Waals surface area contributed by atoms with Crippen molar-refractivity contribution in [3.8, 4) is 17.3 Å². The molecule has 0 saturated heterocycles. The first-order valence-corrected chi connectivity index (χ1v) is 8.49. The van der Waals surface area contributed by atoms with Gasteiger partial charge < -0.3 is 9.09 Å². The summed E-state index contributed by atoms with van der Waals surface area (Å²) in [6.07, 6.45) is -4.62. The SMILES string of the molecule is Cc1cc2c(C(F)(F)F)c(C#N)ccc2n1Cc1cc(-c2ccccc2)no1. The molecule has 0 fully saturated rings. The van der Waals surface area contributed by atoms with Gasteiger partial charge in [0.25, 0.3) is 0 Å². The molecule has 0 atom stereocenters. The third kappa shape index (κ3) is 3.03. The molecular formula is C21H14F3N3O. The summed E-state index contributed by atoms with van der Waals surface area (Å²) in [5.74, 6) is 0.525. The van der Waals surface area contributed by atoms with Gasteiger partial charge in [0.2, 0.25) is 0 Å². The number of nitriles is 1. The van der Waals surface area contributed by atoms with Gasteiger partial charge >= 0.3 is 6.18 Å². The van der Waals surface area contributed by atoms with Crippen molar-refractivity contribution in [3.63, 3.8) is 0 Å². The fraction of sp³-hybridized carbons (Fsp3) is 0.143. The Hall–Kier alpha value is -3.53. The molecule has 4 aromatic rings. The van der Waals surface area contributed by atoms with Crippen molar-refractivity contribution < 1.29 is 17.7 Å². The van der Waals surface area contributed by atoms with E-state index in [0.29, 0.717) is 22.7 Å². The van der Waals surface area contributed by atoms with Crippen molar-refractivity contribution in [2.45, 2.75) is 19.6 Å². The van der Waals surface area contributed by atoms with Gasteiger partial charge in [-0.2, -0.15) is 18.4 Å². The number of fused-ring (bicyclic) bond motifs is 1. The fourth-order valence-corrected chi connectivity index (χ4v) is 3.36. The van der Waals surface area contributed by atoms with Crippen molar-refractivity contribution in [2.75, 3.05) is 0 Å². The molecule has 0 aliphatic heterocycles. The Labute approximate surface area is 158 Å². The average molecular weight is 381 g/mol. The monoisotopic (exact) mass is 381 g/mol. The van der Waals surface area contributed by atoms with Gasteiger partial charge in [-0.3, -0.25) is 0 Å². The van der Waals surface area contributed by atoms with E-state index in [0.717, 1.165) is 5.56 Å². The van der Waals surface area contributed by atoms with Crippen LogP contribution in [-0.4, -0.2) is 9.72 Å². The Bertz CT molecular complexity index is 1200. The molecule has 4 rings (SSSR count). The van der Waals surface area contributed by atoms with Gasteiger partial charge in [-0.25, -0.2) is 0 Å². The van der Waals surface area contributed by atoms with Crippen molar-refractivity contribution in [1.82, 2.24) is 9.72 Å². The summed E-state index contributed by atoms with van der Waals surface area (Å²) in [5, 5.41) is 13.1. The first-order chi connectivity index (χ1) is 13.4. The van der Waals surface area contributed by atoms with Crippen LogP contribution in [0.5, 0.6) is 0 Å². The predicted octanol–water partition coefficient (Wildman–Crippen LogP) is 5.54. The lowest BCUT2D eigenvalue weighted by Crippen LogP contribution is -2.09. The zero-order valence-corrected chi connectivity index (χ0v) is 14.8. The van der Waals surface area contributed by atoms with Gasteiger partial charge in [-0.15, -0.1) is 0 Å². The predicted molar refractivity (Wildman–Crippen MR) is 97.4 cm³/mol. The molecule has 0 bridgehead atoms. The van der Waals surface area contributed by atoms with Crippen LogP contribution in [0.2, 0.25) is 0 Å². The number of aromatic nitrogens is 2. The van der Waals surface area contributed by atoms with Crippen molar-refractivity contribution in [2.24, 2.45) is 0 Å². The molecule has 2 aromatic heterocycles. The largest absolute Gasteiger partial charge is 0.418 e. The van der Waals surface area contributed by atoms with Crippen LogP contribution < -0.4 is 0 Å². The maximum Gasteiger partial charge on any atom is 0.418 e. The summed E-state index contributed by atoms with van der Waals surface area (Å²) in [6.45, 7) is 1.96. The molecule has 0 unspecified atom stereocenters. The lowest BCUT2D eigenvalue weighted by Gasteiger charge is -2.11. The molecule has 140 valence electrons. The van der Waals surface area contributed by atoms with E-state index in [2.05, 4.69) is 5.16 Å². The highest BCUT2D eigenvalue weighted by molar-refractivity contribution is 5.87. The van der Waals surface area contributed by atoms with E-state index >= 15 is 0 Å². The van der Waals surface area contributed by atoms with Gasteiger partial charge in [-0.05, 0) is 25.1 Å². The van der Waals surface area contributed by atoms with E-state index in [1.54, 1.807) is 23.6 Å². The van der Waals surface area contributed by atoms with Gasteiger partial charge in [-0.1, -0.05) is 35.5 Å². The second-order valence-corrected chi connectivity index (χ2v) is 6.45. The number of benzene rings is 2. The second-order valence-electron chi connectivity index (χ2n) is 6.45. The minimum absolute atomic E-state index is 0.00634. The third-order valence-corrected chi connectivity index (χ3v) is 4.64. The van der Waals surface area contributed by atoms with Crippen LogP contribution in [0, 0.1) is 18.3 Å². The van der Waals surface area contributed by atoms with E-state index < -0.39 is 11.7 Å². The number of halogens is 3. The minimum atomic E-state index is -4.62. The second kappa shape index (κ2) is 6.57. The number of hydrogen-bond acceptors (Lipinski definition) is 3. The van der Waals surface area contributed by atoms with E-state index in [1.807, 2.05) is 30.3 Å². The zero-order valence-electron chi connectivity index (χ0n) is 14.8. The van der Waals surface area contributed by atoms with E-state index in [-0.39, 0.29) is 17.5 Å². The van der Waals surface area contributed by atoms with Crippen molar-refractivity contribution in [1.29, 1.82) is 5.26 Å². The summed E-state index contributed by atoms with van der Waals surface area (Å²) in [6, 6.07) is 17.1. The summed E-state index contributed by atoms with van der Waals surface area (Å²) >= 11 is 0. The maximum absolute atomic E-state index is 13.5. The quantitative estimate of drug-likeness (QED) is 0.468. The average Bonchev–Trinajstić information content (AvgIpc) is 3.26. The number of aryl methyl sites for hydroxylation is 1. The third-order valence-electron chi connectivity index (χ3n) is 4.64. The Balaban J connectivity index is 1.78. The number of nitrogens with zero attached hydrogens (tertiary/aromatic N) is 3. The Morgan fingerprint density at radius 3 is 2.54 bits per heavy atom. The number of alkyl halides is 3. The van der Waals surface area contributed by atoms with Gasteiger partial charge in [0.05, 0.1) is 23.7 Å². The highest BCUT2D eigenvalue weighted by atomic mass is 19.4. The number of hydrogen-bond donors (Lipinski definition) is 0. The summed E-state index contributed by atoms with van der Waals surface area (Å²) < 4.78 is 47.7. The Morgan fingerprint density at radius 1 is 1.11 bits per heavy atom. The minimum Gasteiger partial charge on any atom is -0.359 e. The summed E-state index contributed by atoms with van der Waals surface area (Å²) in [4.78, 5) is 0. The van der Waals surface area contributed by atoms with Crippen molar-refractivity contribution >= 4 is 10.9 Å². The lowest BCUT2D eigenvalue weighted by molar-refractivity contribution is -0.136. The van der Waals surface area contributed by atoms with Crippen LogP contribution in [0.3, 0.4) is 0 Å². The van der Waals surface area contributed by atoms with Crippen LogP contribution in [0.1, 0.15) is 22.6 Å². The molecule has 4 nitrogen and oxygen atoms in total. The summed E-state index contributed by atoms with van der Waals surface area (Å²) in [5.41, 5.74) is 1.28. The molecule has 0 aliphatic carbocycles. The Kier molecular flexibility index (Phi) is 4.19. The molecule has 2 aromatic carbocycles. The van der Waals surface area contributed by atoms with E-state index in [4.69, 9.17) is 9.78 Å². The van der Waals surface area contributed by atoms with Crippen LogP contribution in [0.15, 0.2) is 59.1 Å². The maximum atomic E-state index is 13.5. The van der Waals surface area contributed by atoms with Gasteiger partial charge in [0, 0.05) is 28.2 Å². The molecule has 2 heterocycles. The molecule has 7 heteroatoms. The van der Waals surface area contributed by atoms with Crippen LogP contribution >= 0.6 is 0 Å². The summed E-state index contributed by atoms with van der Waals surface area (Å²) in [7, 11) is 0. The zero-order chi connectivity index (χ0) is 19.9. The normalized spacial score (nSPS) is 11.7. The first kappa shape index (κ1) is 17.9. The molecule has 0 amide bonds. The molecule has 0 saturated carbocycles. The highest BCUT2D eigenvalue weighted by Gasteiger charge is 2.36. The van der Waals surface area contributed by atoms with E-state index in [1.165, 1.54) is 18.2 Å². The molecule has 0 radical (unpaired) electrons. The van der Waals surface area contributed by atoms with Gasteiger partial charge in [0.1, 0.15) is 5.69 Å². The molecule has 0 aliphatic rings. The lowest BCUT2D eigenvalue weighted by atomic mass is 10.0. The number of rotatable bonds is 3. The van der Waals surface area contributed by atoms with Crippen LogP contribution in [0.25, 0.3) is 22.2 Å². The smallest absolute Gasteiger partial charge is 0.359 e. The topological polar surface area (TPSA) is 54.8 Å². The molecule has 0 spiro atoms. The highest BCUT2D eigenvalue weighted by Crippen LogP contribution is 2.38. The van der Waals surface area contributed by atoms with Crippen LogP contribution in [-0.2, 0) is 12.7 Å². The molecule has 0 N–H and O–H groups in total. The van der Waals surface area contributed by atoms with Crippen LogP contribution in [0.4, 0.5) is 13.2 Å². The molecular weight excluding hydrogens is 367 g/mol. The van der Waals surface area contributed by atoms with E-state index in [9.17, 15) is 13.2 Å². The first-order valence-electron chi connectivity index (χ1n) is 8.49.